The number of nitrogens with one attached hydrogen (secondary N) is 1. The topological polar surface area (TPSA) is 18.5 Å². The standard InChI is InChI=1S/C29H39N3/c1-3-11-23(12-4-1)25-19-29(32-17-9-10-18-32)20-26(24-13-5-2-6-14-24)28(25)27(21-29)30-22-31-15-7-8-16-31/h1-6,11-14,25-28,30H,7-10,15-22H2. The summed E-state index contributed by atoms with van der Waals surface area (Å²) >= 11 is 0. The van der Waals surface area contributed by atoms with Crippen LogP contribution in [0.25, 0.3) is 0 Å². The fourth-order valence-corrected chi connectivity index (χ4v) is 7.78. The average Bonchev–Trinajstić information content (AvgIpc) is 3.59. The second-order valence-electron chi connectivity index (χ2n) is 10.9. The van der Waals surface area contributed by atoms with Crippen LogP contribution in [0.2, 0.25) is 0 Å². The van der Waals surface area contributed by atoms with Crippen molar-refractivity contribution in [2.45, 2.75) is 68.4 Å². The van der Waals surface area contributed by atoms with Gasteiger partial charge in [0, 0.05) is 18.2 Å². The van der Waals surface area contributed by atoms with Crippen LogP contribution in [-0.4, -0.2) is 54.2 Å². The van der Waals surface area contributed by atoms with Gasteiger partial charge in [-0.1, -0.05) is 60.7 Å². The molecule has 2 heterocycles. The lowest BCUT2D eigenvalue weighted by atomic mass is 9.51. The number of fused-ring (bicyclic) bond motifs is 3. The smallest absolute Gasteiger partial charge is 0.0482 e. The maximum absolute atomic E-state index is 4.14. The van der Waals surface area contributed by atoms with Gasteiger partial charge in [-0.15, -0.1) is 0 Å². The van der Waals surface area contributed by atoms with E-state index >= 15 is 0 Å². The third kappa shape index (κ3) is 3.83. The van der Waals surface area contributed by atoms with Crippen LogP contribution in [0.5, 0.6) is 0 Å². The molecule has 1 N–H and O–H groups in total. The van der Waals surface area contributed by atoms with Gasteiger partial charge >= 0.3 is 0 Å². The molecule has 3 aliphatic carbocycles. The van der Waals surface area contributed by atoms with Crippen molar-refractivity contribution >= 4 is 0 Å². The summed E-state index contributed by atoms with van der Waals surface area (Å²) in [5, 5.41) is 4.14. The van der Waals surface area contributed by atoms with Crippen LogP contribution in [0.3, 0.4) is 0 Å². The molecule has 0 amide bonds. The highest BCUT2D eigenvalue weighted by molar-refractivity contribution is 5.33. The number of benzene rings is 2. The highest BCUT2D eigenvalue weighted by Crippen LogP contribution is 2.60. The zero-order chi connectivity index (χ0) is 21.4. The van der Waals surface area contributed by atoms with E-state index < -0.39 is 0 Å². The first-order valence-electron chi connectivity index (χ1n) is 13.1. The summed E-state index contributed by atoms with van der Waals surface area (Å²) in [5.74, 6) is 1.95. The number of hydrogen-bond donors (Lipinski definition) is 1. The van der Waals surface area contributed by atoms with E-state index in [9.17, 15) is 0 Å². The van der Waals surface area contributed by atoms with Gasteiger partial charge in [-0.05, 0) is 100 Å². The van der Waals surface area contributed by atoms with Gasteiger partial charge in [0.25, 0.3) is 0 Å². The minimum absolute atomic E-state index is 0.342. The number of rotatable bonds is 6. The van der Waals surface area contributed by atoms with Crippen molar-refractivity contribution in [2.24, 2.45) is 5.92 Å². The van der Waals surface area contributed by atoms with Gasteiger partial charge in [-0.25, -0.2) is 0 Å². The highest BCUT2D eigenvalue weighted by Gasteiger charge is 2.57. The van der Waals surface area contributed by atoms with E-state index in [1.165, 1.54) is 71.1 Å². The Hall–Kier alpha value is -1.68. The van der Waals surface area contributed by atoms with Crippen LogP contribution in [-0.2, 0) is 0 Å². The van der Waals surface area contributed by atoms with Crippen LogP contribution >= 0.6 is 0 Å². The molecule has 0 radical (unpaired) electrons. The molecule has 5 aliphatic rings. The SMILES string of the molecule is c1ccc(C2CC3(N4CCCC4)CC(NCN4CCCC4)C2C(c2ccccc2)C3)cc1. The van der Waals surface area contributed by atoms with E-state index in [1.54, 1.807) is 11.1 Å². The molecule has 3 heteroatoms. The van der Waals surface area contributed by atoms with Gasteiger partial charge in [-0.3, -0.25) is 9.80 Å². The number of likely N-dealkylation sites (tertiary alicyclic amines) is 2. The summed E-state index contributed by atoms with van der Waals surface area (Å²) < 4.78 is 0. The maximum atomic E-state index is 4.14. The zero-order valence-electron chi connectivity index (χ0n) is 19.5. The fraction of sp³-hybridized carbons (Fsp3) is 0.586. The summed E-state index contributed by atoms with van der Waals surface area (Å²) in [5.41, 5.74) is 3.47. The third-order valence-corrected chi connectivity index (χ3v) is 9.20. The summed E-state index contributed by atoms with van der Waals surface area (Å²) in [6.45, 7) is 6.21. The van der Waals surface area contributed by atoms with Crippen LogP contribution < -0.4 is 5.32 Å². The molecule has 170 valence electrons. The molecule has 0 spiro atoms. The van der Waals surface area contributed by atoms with Crippen molar-refractivity contribution in [3.63, 3.8) is 0 Å². The van der Waals surface area contributed by atoms with E-state index in [0.29, 0.717) is 29.3 Å². The molecule has 3 atom stereocenters. The van der Waals surface area contributed by atoms with Gasteiger partial charge in [0.05, 0.1) is 0 Å². The van der Waals surface area contributed by atoms with Crippen molar-refractivity contribution in [3.05, 3.63) is 71.8 Å². The second kappa shape index (κ2) is 8.93. The molecule has 3 saturated carbocycles. The minimum Gasteiger partial charge on any atom is -0.301 e. The van der Waals surface area contributed by atoms with E-state index in [1.807, 2.05) is 0 Å². The Labute approximate surface area is 194 Å². The molecule has 0 aromatic heterocycles. The van der Waals surface area contributed by atoms with E-state index in [-0.39, 0.29) is 0 Å². The van der Waals surface area contributed by atoms with Gasteiger partial charge in [0.15, 0.2) is 0 Å². The van der Waals surface area contributed by atoms with Crippen molar-refractivity contribution < 1.29 is 0 Å². The number of hydrogen-bond acceptors (Lipinski definition) is 3. The largest absolute Gasteiger partial charge is 0.301 e. The average molecular weight is 430 g/mol. The lowest BCUT2D eigenvalue weighted by Gasteiger charge is -2.62. The predicted octanol–water partition coefficient (Wildman–Crippen LogP) is 5.21. The molecule has 2 aromatic rings. The molecular weight excluding hydrogens is 390 g/mol. The monoisotopic (exact) mass is 429 g/mol. The molecule has 32 heavy (non-hydrogen) atoms. The first-order valence-corrected chi connectivity index (χ1v) is 13.1. The molecule has 7 rings (SSSR count). The normalized spacial score (nSPS) is 35.5. The third-order valence-electron chi connectivity index (χ3n) is 9.20. The summed E-state index contributed by atoms with van der Waals surface area (Å²) in [6.07, 6.45) is 9.50. The lowest BCUT2D eigenvalue weighted by molar-refractivity contribution is -0.0470. The molecule has 2 aromatic carbocycles. The lowest BCUT2D eigenvalue weighted by Crippen LogP contribution is -2.65. The predicted molar refractivity (Wildman–Crippen MR) is 132 cm³/mol. The van der Waals surface area contributed by atoms with Crippen molar-refractivity contribution in [1.82, 2.24) is 15.1 Å². The van der Waals surface area contributed by atoms with Crippen molar-refractivity contribution in [3.8, 4) is 0 Å². The Morgan fingerprint density at radius 2 is 1.22 bits per heavy atom. The molecule has 3 unspecified atom stereocenters. The minimum atomic E-state index is 0.342. The fourth-order valence-electron chi connectivity index (χ4n) is 7.78. The Kier molecular flexibility index (Phi) is 5.83. The second-order valence-corrected chi connectivity index (χ2v) is 10.9. The van der Waals surface area contributed by atoms with Crippen LogP contribution in [0.15, 0.2) is 60.7 Å². The Morgan fingerprint density at radius 1 is 0.688 bits per heavy atom. The zero-order valence-corrected chi connectivity index (χ0v) is 19.5. The first kappa shape index (κ1) is 20.9. The molecule has 2 bridgehead atoms. The van der Waals surface area contributed by atoms with E-state index in [2.05, 4.69) is 75.8 Å². The van der Waals surface area contributed by atoms with E-state index in [0.717, 1.165) is 6.67 Å². The number of nitrogens with zero attached hydrogens (tertiary/aromatic N) is 2. The van der Waals surface area contributed by atoms with Gasteiger partial charge in [0.2, 0.25) is 0 Å². The summed E-state index contributed by atoms with van der Waals surface area (Å²) in [6, 6.07) is 23.6. The van der Waals surface area contributed by atoms with Gasteiger partial charge < -0.3 is 5.32 Å². The van der Waals surface area contributed by atoms with Gasteiger partial charge in [0.1, 0.15) is 0 Å². The molecule has 2 saturated heterocycles. The summed E-state index contributed by atoms with van der Waals surface area (Å²) in [7, 11) is 0. The van der Waals surface area contributed by atoms with Crippen LogP contribution in [0.4, 0.5) is 0 Å². The summed E-state index contributed by atoms with van der Waals surface area (Å²) in [4.78, 5) is 5.55. The maximum Gasteiger partial charge on any atom is 0.0482 e. The Morgan fingerprint density at radius 3 is 1.78 bits per heavy atom. The molecular formula is C29H39N3. The first-order chi connectivity index (χ1) is 15.8. The Balaban J connectivity index is 1.39. The molecule has 2 aliphatic heterocycles. The van der Waals surface area contributed by atoms with Gasteiger partial charge in [-0.2, -0.15) is 0 Å². The van der Waals surface area contributed by atoms with Crippen molar-refractivity contribution in [2.75, 3.05) is 32.8 Å². The van der Waals surface area contributed by atoms with Crippen LogP contribution in [0.1, 0.15) is 67.9 Å². The molecule has 5 fully saturated rings. The van der Waals surface area contributed by atoms with Crippen molar-refractivity contribution in [1.29, 1.82) is 0 Å². The van der Waals surface area contributed by atoms with E-state index in [4.69, 9.17) is 0 Å². The quantitative estimate of drug-likeness (QED) is 0.680. The van der Waals surface area contributed by atoms with Crippen LogP contribution in [0, 0.1) is 5.92 Å². The Bertz CT molecular complexity index is 820. The molecule has 3 nitrogen and oxygen atoms in total. The highest BCUT2D eigenvalue weighted by atomic mass is 15.3.